The number of ketones is 1. The Morgan fingerprint density at radius 1 is 1.50 bits per heavy atom. The number of halogens is 1. The Labute approximate surface area is 92.2 Å². The zero-order chi connectivity index (χ0) is 11.9. The first-order valence-electron chi connectivity index (χ1n) is 4.90. The molecule has 0 saturated heterocycles. The summed E-state index contributed by atoms with van der Waals surface area (Å²) in [6.07, 6.45) is -0.228. The van der Waals surface area contributed by atoms with Gasteiger partial charge in [0.15, 0.2) is 0 Å². The summed E-state index contributed by atoms with van der Waals surface area (Å²) in [6.45, 7) is 1.81. The average molecular weight is 222 g/mol. The monoisotopic (exact) mass is 222 g/mol. The highest BCUT2D eigenvalue weighted by Gasteiger charge is 2.53. The van der Waals surface area contributed by atoms with Crippen LogP contribution in [0.3, 0.4) is 0 Å². The number of benzene rings is 1. The van der Waals surface area contributed by atoms with Gasteiger partial charge in [-0.1, -0.05) is 17.7 Å². The van der Waals surface area contributed by atoms with Crippen molar-refractivity contribution in [3.8, 4) is 0 Å². The van der Waals surface area contributed by atoms with Crippen molar-refractivity contribution in [2.24, 2.45) is 0 Å². The molecule has 0 amide bonds. The molecule has 0 aliphatic heterocycles. The van der Waals surface area contributed by atoms with Crippen molar-refractivity contribution in [3.63, 3.8) is 0 Å². The normalized spacial score (nSPS) is 23.1. The first-order chi connectivity index (χ1) is 7.49. The minimum Gasteiger partial charge on any atom is -0.466 e. The zero-order valence-electron chi connectivity index (χ0n) is 9.04. The molecule has 0 radical (unpaired) electrons. The third kappa shape index (κ3) is 1.33. The summed E-state index contributed by atoms with van der Waals surface area (Å²) in [6, 6.07) is 5.06. The Hall–Kier alpha value is -1.71. The number of hydrogen-bond acceptors (Lipinski definition) is 3. The number of fused-ring (bicyclic) bond motifs is 1. The SMILES string of the molecule is COC(=O)C1(F)Cc2ccc(C)cc2C1=O. The highest BCUT2D eigenvalue weighted by molar-refractivity contribution is 6.18. The summed E-state index contributed by atoms with van der Waals surface area (Å²) < 4.78 is 18.5. The summed E-state index contributed by atoms with van der Waals surface area (Å²) in [5.41, 5.74) is -0.831. The van der Waals surface area contributed by atoms with Gasteiger partial charge in [-0.15, -0.1) is 0 Å². The van der Waals surface area contributed by atoms with Crippen molar-refractivity contribution < 1.29 is 18.7 Å². The van der Waals surface area contributed by atoms with Gasteiger partial charge in [-0.3, -0.25) is 4.79 Å². The van der Waals surface area contributed by atoms with Crippen LogP contribution in [-0.4, -0.2) is 24.5 Å². The number of carbonyl (C=O) groups is 2. The molecule has 84 valence electrons. The van der Waals surface area contributed by atoms with Crippen LogP contribution in [0.4, 0.5) is 4.39 Å². The number of esters is 1. The molecule has 0 fully saturated rings. The Bertz CT molecular complexity index is 481. The second-order valence-corrected chi connectivity index (χ2v) is 3.96. The van der Waals surface area contributed by atoms with E-state index in [0.29, 0.717) is 5.56 Å². The number of alkyl halides is 1. The molecule has 1 aliphatic carbocycles. The molecule has 0 saturated carbocycles. The Kier molecular flexibility index (Phi) is 2.30. The van der Waals surface area contributed by atoms with Crippen LogP contribution >= 0.6 is 0 Å². The van der Waals surface area contributed by atoms with E-state index in [4.69, 9.17) is 0 Å². The zero-order valence-corrected chi connectivity index (χ0v) is 9.04. The molecule has 0 N–H and O–H groups in total. The molecule has 1 aromatic carbocycles. The van der Waals surface area contributed by atoms with Crippen LogP contribution in [0, 0.1) is 6.92 Å². The third-order valence-electron chi connectivity index (χ3n) is 2.81. The van der Waals surface area contributed by atoms with E-state index < -0.39 is 17.4 Å². The molecule has 1 unspecified atom stereocenters. The number of methoxy groups -OCH3 is 1. The number of carbonyl (C=O) groups excluding carboxylic acids is 2. The minimum atomic E-state index is -2.54. The van der Waals surface area contributed by atoms with Gasteiger partial charge in [0.1, 0.15) is 0 Å². The highest BCUT2D eigenvalue weighted by Crippen LogP contribution is 2.34. The number of aryl methyl sites for hydroxylation is 1. The lowest BCUT2D eigenvalue weighted by molar-refractivity contribution is -0.150. The molecule has 1 aromatic rings. The molecule has 0 bridgehead atoms. The van der Waals surface area contributed by atoms with E-state index in [2.05, 4.69) is 4.74 Å². The molecule has 0 aromatic heterocycles. The standard InChI is InChI=1S/C12H11FO3/c1-7-3-4-8-6-12(13,11(15)16-2)10(14)9(8)5-7/h3-5H,6H2,1-2H3. The molecular formula is C12H11FO3. The van der Waals surface area contributed by atoms with Gasteiger partial charge >= 0.3 is 5.97 Å². The highest BCUT2D eigenvalue weighted by atomic mass is 19.1. The Balaban J connectivity index is 2.49. The van der Waals surface area contributed by atoms with Gasteiger partial charge in [-0.25, -0.2) is 9.18 Å². The largest absolute Gasteiger partial charge is 0.466 e. The van der Waals surface area contributed by atoms with E-state index in [-0.39, 0.29) is 12.0 Å². The van der Waals surface area contributed by atoms with Crippen LogP contribution in [-0.2, 0) is 16.0 Å². The van der Waals surface area contributed by atoms with Crippen LogP contribution in [0.15, 0.2) is 18.2 Å². The predicted molar refractivity (Wildman–Crippen MR) is 55.1 cm³/mol. The second-order valence-electron chi connectivity index (χ2n) is 3.96. The fourth-order valence-corrected chi connectivity index (χ4v) is 1.94. The lowest BCUT2D eigenvalue weighted by Gasteiger charge is -2.13. The fourth-order valence-electron chi connectivity index (χ4n) is 1.94. The van der Waals surface area contributed by atoms with Crippen molar-refractivity contribution in [1.82, 2.24) is 0 Å². The van der Waals surface area contributed by atoms with Gasteiger partial charge in [-0.2, -0.15) is 0 Å². The molecule has 0 heterocycles. The maximum absolute atomic E-state index is 14.2. The van der Waals surface area contributed by atoms with E-state index in [9.17, 15) is 14.0 Å². The van der Waals surface area contributed by atoms with Crippen molar-refractivity contribution in [1.29, 1.82) is 0 Å². The van der Waals surface area contributed by atoms with E-state index in [1.54, 1.807) is 18.2 Å². The van der Waals surface area contributed by atoms with E-state index >= 15 is 0 Å². The van der Waals surface area contributed by atoms with Crippen LogP contribution in [0.2, 0.25) is 0 Å². The molecule has 4 heteroatoms. The van der Waals surface area contributed by atoms with Crippen molar-refractivity contribution >= 4 is 11.8 Å². The van der Waals surface area contributed by atoms with Crippen LogP contribution in [0.1, 0.15) is 21.5 Å². The third-order valence-corrected chi connectivity index (χ3v) is 2.81. The molecular weight excluding hydrogens is 211 g/mol. The van der Waals surface area contributed by atoms with Crippen molar-refractivity contribution in [2.75, 3.05) is 7.11 Å². The summed E-state index contributed by atoms with van der Waals surface area (Å²) in [5.74, 6) is -1.91. The first kappa shape index (κ1) is 10.8. The minimum absolute atomic E-state index is 0.228. The van der Waals surface area contributed by atoms with Gasteiger partial charge < -0.3 is 4.74 Å². The van der Waals surface area contributed by atoms with E-state index in [1.807, 2.05) is 6.92 Å². The van der Waals surface area contributed by atoms with Crippen LogP contribution in [0.5, 0.6) is 0 Å². The maximum atomic E-state index is 14.2. The fraction of sp³-hybridized carbons (Fsp3) is 0.333. The molecule has 1 atom stereocenters. The van der Waals surface area contributed by atoms with Gasteiger partial charge in [0, 0.05) is 12.0 Å². The quantitative estimate of drug-likeness (QED) is 0.535. The van der Waals surface area contributed by atoms with Gasteiger partial charge in [0.05, 0.1) is 7.11 Å². The number of rotatable bonds is 1. The van der Waals surface area contributed by atoms with Crippen LogP contribution in [0.25, 0.3) is 0 Å². The van der Waals surface area contributed by atoms with E-state index in [1.165, 1.54) is 0 Å². The van der Waals surface area contributed by atoms with Crippen molar-refractivity contribution in [2.45, 2.75) is 19.0 Å². The summed E-state index contributed by atoms with van der Waals surface area (Å²) in [5, 5.41) is 0. The van der Waals surface area contributed by atoms with Gasteiger partial charge in [-0.05, 0) is 18.6 Å². The lowest BCUT2D eigenvalue weighted by atomic mass is 10.0. The Morgan fingerprint density at radius 2 is 2.19 bits per heavy atom. The Morgan fingerprint density at radius 3 is 2.81 bits per heavy atom. The summed E-state index contributed by atoms with van der Waals surface area (Å²) in [4.78, 5) is 23.1. The second kappa shape index (κ2) is 3.40. The van der Waals surface area contributed by atoms with Crippen LogP contribution < -0.4 is 0 Å². The van der Waals surface area contributed by atoms with E-state index in [0.717, 1.165) is 12.7 Å². The number of Topliss-reactive ketones (excluding diaryl/α,β-unsaturated/α-hetero) is 1. The average Bonchev–Trinajstić information content (AvgIpc) is 2.52. The molecule has 1 aliphatic rings. The predicted octanol–water partition coefficient (Wildman–Crippen LogP) is 1.62. The molecule has 0 spiro atoms. The van der Waals surface area contributed by atoms with Gasteiger partial charge in [0.2, 0.25) is 5.78 Å². The maximum Gasteiger partial charge on any atom is 0.352 e. The number of ether oxygens (including phenoxy) is 1. The van der Waals surface area contributed by atoms with Gasteiger partial charge in [0.25, 0.3) is 5.67 Å². The summed E-state index contributed by atoms with van der Waals surface area (Å²) in [7, 11) is 1.07. The van der Waals surface area contributed by atoms with Crippen molar-refractivity contribution in [3.05, 3.63) is 34.9 Å². The molecule has 2 rings (SSSR count). The topological polar surface area (TPSA) is 43.4 Å². The lowest BCUT2D eigenvalue weighted by Crippen LogP contribution is -2.40. The molecule has 16 heavy (non-hydrogen) atoms. The molecule has 3 nitrogen and oxygen atoms in total. The smallest absolute Gasteiger partial charge is 0.352 e. The first-order valence-corrected chi connectivity index (χ1v) is 4.90. The number of hydrogen-bond donors (Lipinski definition) is 0. The summed E-state index contributed by atoms with van der Waals surface area (Å²) >= 11 is 0.